The topological polar surface area (TPSA) is 102 Å². The third-order valence-electron chi connectivity index (χ3n) is 3.08. The van der Waals surface area contributed by atoms with Crippen LogP contribution in [0.4, 0.5) is 0 Å². The molecule has 112 valence electrons. The summed E-state index contributed by atoms with van der Waals surface area (Å²) in [6.07, 6.45) is 0. The molecule has 7 heteroatoms. The third-order valence-corrected chi connectivity index (χ3v) is 3.08. The van der Waals surface area contributed by atoms with Gasteiger partial charge in [0.1, 0.15) is 5.82 Å². The molecule has 0 aliphatic heterocycles. The molecule has 1 aromatic carbocycles. The number of H-pyrrole nitrogens is 1. The van der Waals surface area contributed by atoms with Crippen LogP contribution < -0.4 is 20.7 Å². The van der Waals surface area contributed by atoms with Gasteiger partial charge in [-0.1, -0.05) is 0 Å². The molecule has 21 heavy (non-hydrogen) atoms. The standard InChI is InChI=1S/C14H18N4O3/c1-8-9(2)17-14(16-8)10-4-5-11(12(6-10)20-3)21-7-13(19)18-15/h4-6H,7,15H2,1-3H3,(H,16,17)(H,18,19). The van der Waals surface area contributed by atoms with Gasteiger partial charge in [-0.25, -0.2) is 10.8 Å². The van der Waals surface area contributed by atoms with Crippen molar-refractivity contribution in [3.63, 3.8) is 0 Å². The fraction of sp³-hybridized carbons (Fsp3) is 0.286. The molecule has 0 unspecified atom stereocenters. The first-order chi connectivity index (χ1) is 10.0. The number of nitrogens with zero attached hydrogens (tertiary/aromatic N) is 1. The number of aromatic nitrogens is 2. The number of ether oxygens (including phenoxy) is 2. The Morgan fingerprint density at radius 2 is 2.14 bits per heavy atom. The maximum absolute atomic E-state index is 11.1. The van der Waals surface area contributed by atoms with Crippen LogP contribution in [0.5, 0.6) is 11.5 Å². The largest absolute Gasteiger partial charge is 0.493 e. The molecule has 7 nitrogen and oxygen atoms in total. The van der Waals surface area contributed by atoms with Crippen molar-refractivity contribution in [2.75, 3.05) is 13.7 Å². The number of methoxy groups -OCH3 is 1. The molecule has 0 radical (unpaired) electrons. The molecule has 4 N–H and O–H groups in total. The van der Waals surface area contributed by atoms with E-state index in [2.05, 4.69) is 9.97 Å². The number of carbonyl (C=O) groups excluding carboxylic acids is 1. The quantitative estimate of drug-likeness (QED) is 0.434. The number of nitrogens with one attached hydrogen (secondary N) is 2. The molecule has 1 heterocycles. The molecular formula is C14H18N4O3. The number of aryl methyl sites for hydroxylation is 2. The minimum atomic E-state index is -0.418. The first-order valence-corrected chi connectivity index (χ1v) is 6.39. The molecule has 0 saturated heterocycles. The lowest BCUT2D eigenvalue weighted by molar-refractivity contribution is -0.123. The highest BCUT2D eigenvalue weighted by atomic mass is 16.5. The first-order valence-electron chi connectivity index (χ1n) is 6.39. The van der Waals surface area contributed by atoms with Crippen LogP contribution in [0, 0.1) is 13.8 Å². The lowest BCUT2D eigenvalue weighted by Gasteiger charge is -2.11. The average molecular weight is 290 g/mol. The van der Waals surface area contributed by atoms with Crippen LogP contribution >= 0.6 is 0 Å². The van der Waals surface area contributed by atoms with Crippen molar-refractivity contribution in [3.05, 3.63) is 29.6 Å². The van der Waals surface area contributed by atoms with Crippen LogP contribution in [0.3, 0.4) is 0 Å². The molecule has 2 aromatic rings. The Morgan fingerprint density at radius 1 is 1.38 bits per heavy atom. The number of hydrogen-bond donors (Lipinski definition) is 3. The highest BCUT2D eigenvalue weighted by Crippen LogP contribution is 2.31. The van der Waals surface area contributed by atoms with Crippen molar-refractivity contribution >= 4 is 5.91 Å². The number of hydrogen-bond acceptors (Lipinski definition) is 5. The van der Waals surface area contributed by atoms with Crippen molar-refractivity contribution in [1.82, 2.24) is 15.4 Å². The zero-order chi connectivity index (χ0) is 15.4. The Hall–Kier alpha value is -2.54. The van der Waals surface area contributed by atoms with E-state index in [0.29, 0.717) is 11.5 Å². The lowest BCUT2D eigenvalue weighted by Crippen LogP contribution is -2.34. The Morgan fingerprint density at radius 3 is 2.71 bits per heavy atom. The second-order valence-electron chi connectivity index (χ2n) is 4.52. The minimum absolute atomic E-state index is 0.175. The van der Waals surface area contributed by atoms with E-state index in [4.69, 9.17) is 15.3 Å². The Bertz CT molecular complexity index is 632. The molecule has 1 aromatic heterocycles. The number of rotatable bonds is 5. The third kappa shape index (κ3) is 3.32. The van der Waals surface area contributed by atoms with E-state index >= 15 is 0 Å². The molecule has 0 aliphatic rings. The summed E-state index contributed by atoms with van der Waals surface area (Å²) in [5.74, 6) is 6.32. The van der Waals surface area contributed by atoms with E-state index in [0.717, 1.165) is 22.8 Å². The van der Waals surface area contributed by atoms with Crippen LogP contribution in [0.25, 0.3) is 11.4 Å². The van der Waals surface area contributed by atoms with Crippen LogP contribution in [0.15, 0.2) is 18.2 Å². The van der Waals surface area contributed by atoms with Gasteiger partial charge < -0.3 is 14.5 Å². The summed E-state index contributed by atoms with van der Waals surface area (Å²) in [6, 6.07) is 5.37. The second-order valence-corrected chi connectivity index (χ2v) is 4.52. The normalized spacial score (nSPS) is 10.3. The number of aromatic amines is 1. The van der Waals surface area contributed by atoms with Gasteiger partial charge in [0.15, 0.2) is 18.1 Å². The summed E-state index contributed by atoms with van der Waals surface area (Å²) in [6.45, 7) is 3.73. The number of imidazole rings is 1. The molecule has 0 bridgehead atoms. The summed E-state index contributed by atoms with van der Waals surface area (Å²) in [4.78, 5) is 18.7. The zero-order valence-electron chi connectivity index (χ0n) is 12.2. The van der Waals surface area contributed by atoms with E-state index in [-0.39, 0.29) is 6.61 Å². The predicted octanol–water partition coefficient (Wildman–Crippen LogP) is 1.07. The minimum Gasteiger partial charge on any atom is -0.493 e. The molecule has 0 aliphatic carbocycles. The Balaban J connectivity index is 2.25. The Labute approximate surface area is 122 Å². The summed E-state index contributed by atoms with van der Waals surface area (Å²) in [7, 11) is 1.54. The van der Waals surface area contributed by atoms with E-state index in [9.17, 15) is 4.79 Å². The molecule has 0 spiro atoms. The number of carbonyl (C=O) groups is 1. The van der Waals surface area contributed by atoms with E-state index in [1.54, 1.807) is 12.1 Å². The van der Waals surface area contributed by atoms with Gasteiger partial charge in [0, 0.05) is 11.3 Å². The van der Waals surface area contributed by atoms with Gasteiger partial charge in [-0.15, -0.1) is 0 Å². The molecule has 0 atom stereocenters. The Kier molecular flexibility index (Phi) is 4.44. The van der Waals surface area contributed by atoms with Crippen LogP contribution in [0.2, 0.25) is 0 Å². The van der Waals surface area contributed by atoms with Crippen LogP contribution in [-0.4, -0.2) is 29.6 Å². The monoisotopic (exact) mass is 290 g/mol. The van der Waals surface area contributed by atoms with Crippen molar-refractivity contribution in [1.29, 1.82) is 0 Å². The van der Waals surface area contributed by atoms with Gasteiger partial charge in [0.2, 0.25) is 0 Å². The number of nitrogens with two attached hydrogens (primary N) is 1. The van der Waals surface area contributed by atoms with Crippen LogP contribution in [-0.2, 0) is 4.79 Å². The van der Waals surface area contributed by atoms with Gasteiger partial charge in [-0.05, 0) is 32.0 Å². The van der Waals surface area contributed by atoms with Crippen molar-refractivity contribution in [3.8, 4) is 22.9 Å². The first kappa shape index (κ1) is 14.9. The van der Waals surface area contributed by atoms with Gasteiger partial charge in [-0.2, -0.15) is 0 Å². The molecule has 1 amide bonds. The van der Waals surface area contributed by atoms with Crippen LogP contribution in [0.1, 0.15) is 11.4 Å². The highest BCUT2D eigenvalue weighted by molar-refractivity contribution is 5.77. The molecule has 0 saturated carbocycles. The number of benzene rings is 1. The lowest BCUT2D eigenvalue weighted by atomic mass is 10.2. The van der Waals surface area contributed by atoms with Gasteiger partial charge in [0.05, 0.1) is 12.8 Å². The maximum atomic E-state index is 11.1. The van der Waals surface area contributed by atoms with Gasteiger partial charge >= 0.3 is 0 Å². The average Bonchev–Trinajstić information content (AvgIpc) is 2.84. The van der Waals surface area contributed by atoms with E-state index in [1.807, 2.05) is 25.3 Å². The zero-order valence-corrected chi connectivity index (χ0v) is 12.2. The van der Waals surface area contributed by atoms with E-state index < -0.39 is 5.91 Å². The highest BCUT2D eigenvalue weighted by Gasteiger charge is 2.11. The predicted molar refractivity (Wildman–Crippen MR) is 77.9 cm³/mol. The number of amides is 1. The fourth-order valence-electron chi connectivity index (χ4n) is 1.80. The summed E-state index contributed by atoms with van der Waals surface area (Å²) in [5.41, 5.74) is 4.84. The SMILES string of the molecule is COc1cc(-c2nc(C)c(C)[nH]2)ccc1OCC(=O)NN. The number of hydrazine groups is 1. The fourth-order valence-corrected chi connectivity index (χ4v) is 1.80. The summed E-state index contributed by atoms with van der Waals surface area (Å²) < 4.78 is 10.6. The second kappa shape index (κ2) is 6.27. The van der Waals surface area contributed by atoms with Crippen molar-refractivity contribution < 1.29 is 14.3 Å². The molecule has 0 fully saturated rings. The molecule has 2 rings (SSSR count). The molecular weight excluding hydrogens is 272 g/mol. The van der Waals surface area contributed by atoms with E-state index in [1.165, 1.54) is 7.11 Å². The van der Waals surface area contributed by atoms with Crippen molar-refractivity contribution in [2.24, 2.45) is 5.84 Å². The maximum Gasteiger partial charge on any atom is 0.271 e. The van der Waals surface area contributed by atoms with Gasteiger partial charge in [-0.3, -0.25) is 10.2 Å². The smallest absolute Gasteiger partial charge is 0.271 e. The summed E-state index contributed by atoms with van der Waals surface area (Å²) in [5, 5.41) is 0. The summed E-state index contributed by atoms with van der Waals surface area (Å²) >= 11 is 0. The van der Waals surface area contributed by atoms with Crippen molar-refractivity contribution in [2.45, 2.75) is 13.8 Å². The van der Waals surface area contributed by atoms with Gasteiger partial charge in [0.25, 0.3) is 5.91 Å².